The number of benzene rings is 1. The number of methoxy groups -OCH3 is 1. The van der Waals surface area contributed by atoms with Crippen molar-refractivity contribution in [2.45, 2.75) is 32.4 Å². The van der Waals surface area contributed by atoms with Gasteiger partial charge >= 0.3 is 6.09 Å². The Hall–Kier alpha value is -1.95. The van der Waals surface area contributed by atoms with Crippen molar-refractivity contribution in [2.75, 3.05) is 13.7 Å². The largest absolute Gasteiger partial charge is 0.508 e. The first kappa shape index (κ1) is 16.1. The van der Waals surface area contributed by atoms with Crippen LogP contribution in [0.3, 0.4) is 0 Å². The summed E-state index contributed by atoms with van der Waals surface area (Å²) in [6.07, 6.45) is -0.633. The van der Waals surface area contributed by atoms with Crippen LogP contribution in [0.15, 0.2) is 18.2 Å². The Bertz CT molecular complexity index is 467. The summed E-state index contributed by atoms with van der Waals surface area (Å²) in [6, 6.07) is 3.76. The van der Waals surface area contributed by atoms with Crippen LogP contribution in [0.1, 0.15) is 32.4 Å². The van der Waals surface area contributed by atoms with E-state index in [1.165, 1.54) is 19.2 Å². The Morgan fingerprint density at radius 2 is 2.05 bits per heavy atom. The number of rotatable bonds is 4. The zero-order chi connectivity index (χ0) is 15.3. The van der Waals surface area contributed by atoms with Gasteiger partial charge in [0.15, 0.2) is 0 Å². The highest BCUT2D eigenvalue weighted by atomic mass is 16.6. The number of ether oxygens (including phenoxy) is 2. The van der Waals surface area contributed by atoms with Gasteiger partial charge in [-0.15, -0.1) is 0 Å². The van der Waals surface area contributed by atoms with Crippen LogP contribution in [0.25, 0.3) is 0 Å². The molecule has 0 aliphatic carbocycles. The fourth-order valence-electron chi connectivity index (χ4n) is 1.66. The predicted octanol–water partition coefficient (Wildman–Crippen LogP) is 1.96. The van der Waals surface area contributed by atoms with E-state index in [1.807, 2.05) is 0 Å². The molecular formula is C14H21NO5. The van der Waals surface area contributed by atoms with Gasteiger partial charge in [0.05, 0.1) is 19.8 Å². The lowest BCUT2D eigenvalue weighted by atomic mass is 10.1. The van der Waals surface area contributed by atoms with E-state index >= 15 is 0 Å². The topological polar surface area (TPSA) is 88.0 Å². The van der Waals surface area contributed by atoms with Crippen molar-refractivity contribution in [3.8, 4) is 11.5 Å². The third-order valence-electron chi connectivity index (χ3n) is 2.47. The number of nitrogens with one attached hydrogen (secondary N) is 1. The van der Waals surface area contributed by atoms with Crippen LogP contribution < -0.4 is 10.1 Å². The van der Waals surface area contributed by atoms with Gasteiger partial charge in [0, 0.05) is 11.6 Å². The van der Waals surface area contributed by atoms with Crippen molar-refractivity contribution in [2.24, 2.45) is 0 Å². The van der Waals surface area contributed by atoms with Crippen LogP contribution in [-0.4, -0.2) is 35.6 Å². The van der Waals surface area contributed by atoms with Crippen LogP contribution in [0.2, 0.25) is 0 Å². The van der Waals surface area contributed by atoms with Crippen molar-refractivity contribution in [1.29, 1.82) is 0 Å². The van der Waals surface area contributed by atoms with Gasteiger partial charge in [0.25, 0.3) is 0 Å². The standard InChI is InChI=1S/C14H21NO5/c1-14(2,3)20-13(18)15-11(8-16)10-6-5-9(17)7-12(10)19-4/h5-7,11,16-17H,8H2,1-4H3,(H,15,18). The van der Waals surface area contributed by atoms with Crippen molar-refractivity contribution in [3.63, 3.8) is 0 Å². The Kier molecular flexibility index (Phi) is 5.21. The molecule has 1 aromatic carbocycles. The molecule has 1 rings (SSSR count). The summed E-state index contributed by atoms with van der Waals surface area (Å²) >= 11 is 0. The lowest BCUT2D eigenvalue weighted by molar-refractivity contribution is 0.0481. The van der Waals surface area contributed by atoms with E-state index in [2.05, 4.69) is 5.32 Å². The molecule has 6 nitrogen and oxygen atoms in total. The lowest BCUT2D eigenvalue weighted by Crippen LogP contribution is -2.36. The molecule has 0 heterocycles. The predicted molar refractivity (Wildman–Crippen MR) is 73.9 cm³/mol. The summed E-state index contributed by atoms with van der Waals surface area (Å²) in [7, 11) is 1.44. The Balaban J connectivity index is 2.89. The molecule has 1 amide bonds. The molecule has 1 unspecified atom stereocenters. The number of hydrogen-bond acceptors (Lipinski definition) is 5. The lowest BCUT2D eigenvalue weighted by Gasteiger charge is -2.23. The van der Waals surface area contributed by atoms with Gasteiger partial charge in [-0.1, -0.05) is 0 Å². The monoisotopic (exact) mass is 283 g/mol. The smallest absolute Gasteiger partial charge is 0.408 e. The number of carbonyl (C=O) groups is 1. The minimum absolute atomic E-state index is 0.0413. The number of aliphatic hydroxyl groups is 1. The number of aliphatic hydroxyl groups excluding tert-OH is 1. The maximum atomic E-state index is 11.7. The van der Waals surface area contributed by atoms with Gasteiger partial charge in [-0.05, 0) is 32.9 Å². The SMILES string of the molecule is COc1cc(O)ccc1C(CO)NC(=O)OC(C)(C)C. The molecule has 6 heteroatoms. The summed E-state index contributed by atoms with van der Waals surface area (Å²) in [6.45, 7) is 4.94. The molecule has 1 atom stereocenters. The fraction of sp³-hybridized carbons (Fsp3) is 0.500. The average Bonchev–Trinajstić information content (AvgIpc) is 2.34. The summed E-state index contributed by atoms with van der Waals surface area (Å²) in [5.74, 6) is 0.416. The van der Waals surface area contributed by atoms with Gasteiger partial charge in [-0.2, -0.15) is 0 Å². The van der Waals surface area contributed by atoms with Crippen molar-refractivity contribution in [3.05, 3.63) is 23.8 Å². The van der Waals surface area contributed by atoms with Crippen LogP contribution in [0.5, 0.6) is 11.5 Å². The molecule has 0 fully saturated rings. The summed E-state index contributed by atoms with van der Waals surface area (Å²) in [5, 5.41) is 21.4. The number of amides is 1. The van der Waals surface area contributed by atoms with E-state index in [1.54, 1.807) is 26.8 Å². The third kappa shape index (κ3) is 4.62. The number of phenolic OH excluding ortho intramolecular Hbond substituents is 1. The quantitative estimate of drug-likeness (QED) is 0.786. The van der Waals surface area contributed by atoms with E-state index < -0.39 is 17.7 Å². The normalized spacial score (nSPS) is 12.7. The van der Waals surface area contributed by atoms with Crippen molar-refractivity contribution >= 4 is 6.09 Å². The zero-order valence-corrected chi connectivity index (χ0v) is 12.1. The minimum Gasteiger partial charge on any atom is -0.508 e. The highest BCUT2D eigenvalue weighted by Crippen LogP contribution is 2.29. The van der Waals surface area contributed by atoms with Gasteiger partial charge in [0.2, 0.25) is 0 Å². The molecule has 1 aromatic rings. The van der Waals surface area contributed by atoms with Crippen LogP contribution in [0, 0.1) is 0 Å². The van der Waals surface area contributed by atoms with E-state index in [-0.39, 0.29) is 12.4 Å². The molecule has 0 radical (unpaired) electrons. The van der Waals surface area contributed by atoms with Gasteiger partial charge in [-0.25, -0.2) is 4.79 Å². The second-order valence-corrected chi connectivity index (χ2v) is 5.31. The van der Waals surface area contributed by atoms with Crippen LogP contribution in [0.4, 0.5) is 4.79 Å². The van der Waals surface area contributed by atoms with Crippen molar-refractivity contribution in [1.82, 2.24) is 5.32 Å². The first-order valence-electron chi connectivity index (χ1n) is 6.24. The molecule has 20 heavy (non-hydrogen) atoms. The maximum Gasteiger partial charge on any atom is 0.408 e. The molecule has 0 aromatic heterocycles. The number of carbonyl (C=O) groups excluding carboxylic acids is 1. The second kappa shape index (κ2) is 6.47. The molecule has 0 spiro atoms. The Morgan fingerprint density at radius 3 is 2.55 bits per heavy atom. The zero-order valence-electron chi connectivity index (χ0n) is 12.1. The van der Waals surface area contributed by atoms with Crippen molar-refractivity contribution < 1.29 is 24.5 Å². The number of aromatic hydroxyl groups is 1. The molecule has 0 aliphatic rings. The van der Waals surface area contributed by atoms with E-state index in [0.29, 0.717) is 11.3 Å². The van der Waals surface area contributed by atoms with Gasteiger partial charge in [-0.3, -0.25) is 0 Å². The first-order chi connectivity index (χ1) is 9.26. The Labute approximate surface area is 118 Å². The third-order valence-corrected chi connectivity index (χ3v) is 2.47. The molecule has 0 saturated carbocycles. The minimum atomic E-state index is -0.680. The van der Waals surface area contributed by atoms with E-state index in [4.69, 9.17) is 9.47 Å². The molecule has 112 valence electrons. The number of alkyl carbamates (subject to hydrolysis) is 1. The molecule has 3 N–H and O–H groups in total. The van der Waals surface area contributed by atoms with Gasteiger partial charge in [0.1, 0.15) is 17.1 Å². The highest BCUT2D eigenvalue weighted by molar-refractivity contribution is 5.68. The molecule has 0 saturated heterocycles. The van der Waals surface area contributed by atoms with Gasteiger partial charge < -0.3 is 25.0 Å². The summed E-state index contributed by atoms with van der Waals surface area (Å²) < 4.78 is 10.3. The molecular weight excluding hydrogens is 262 g/mol. The second-order valence-electron chi connectivity index (χ2n) is 5.31. The number of phenols is 1. The number of hydrogen-bond donors (Lipinski definition) is 3. The first-order valence-corrected chi connectivity index (χ1v) is 6.24. The fourth-order valence-corrected chi connectivity index (χ4v) is 1.66. The highest BCUT2D eigenvalue weighted by Gasteiger charge is 2.22. The molecule has 0 aliphatic heterocycles. The van der Waals surface area contributed by atoms with Crippen LogP contribution in [-0.2, 0) is 4.74 Å². The van der Waals surface area contributed by atoms with Crippen LogP contribution >= 0.6 is 0 Å². The average molecular weight is 283 g/mol. The Morgan fingerprint density at radius 1 is 1.40 bits per heavy atom. The van der Waals surface area contributed by atoms with E-state index in [0.717, 1.165) is 0 Å². The maximum absolute atomic E-state index is 11.7. The molecule has 0 bridgehead atoms. The van der Waals surface area contributed by atoms with E-state index in [9.17, 15) is 15.0 Å². The summed E-state index contributed by atoms with van der Waals surface area (Å²) in [5.41, 5.74) is -0.0676. The summed E-state index contributed by atoms with van der Waals surface area (Å²) in [4.78, 5) is 11.7.